The fraction of sp³-hybridized carbons (Fsp3) is 0.462. The summed E-state index contributed by atoms with van der Waals surface area (Å²) in [5, 5.41) is 3.06. The largest absolute Gasteiger partial charge is 0.335 e. The Morgan fingerprint density at radius 3 is 2.59 bits per heavy atom. The molecule has 17 heavy (non-hydrogen) atoms. The molecule has 1 heterocycles. The van der Waals surface area contributed by atoms with Gasteiger partial charge in [0.1, 0.15) is 0 Å². The van der Waals surface area contributed by atoms with Crippen LogP contribution in [0.25, 0.3) is 0 Å². The highest BCUT2D eigenvalue weighted by molar-refractivity contribution is 9.10. The number of carbonyl (C=O) groups is 1. The van der Waals surface area contributed by atoms with Gasteiger partial charge in [0, 0.05) is 11.0 Å². The molecule has 1 saturated heterocycles. The van der Waals surface area contributed by atoms with Crippen molar-refractivity contribution >= 4 is 21.8 Å². The summed E-state index contributed by atoms with van der Waals surface area (Å²) in [4.78, 5) is 14.0. The third-order valence-corrected chi connectivity index (χ3v) is 3.94. The summed E-state index contributed by atoms with van der Waals surface area (Å²) < 4.78 is 1.06. The highest BCUT2D eigenvalue weighted by Crippen LogP contribution is 2.26. The Morgan fingerprint density at radius 2 is 2.06 bits per heavy atom. The number of amides is 1. The van der Waals surface area contributed by atoms with E-state index in [1.54, 1.807) is 0 Å². The van der Waals surface area contributed by atoms with Gasteiger partial charge >= 0.3 is 0 Å². The SMILES string of the molecule is CNC1CCN(C(C)c2ccc(Br)cc2)C1=O. The van der Waals surface area contributed by atoms with Crippen LogP contribution in [-0.2, 0) is 4.79 Å². The molecule has 0 aromatic heterocycles. The van der Waals surface area contributed by atoms with Gasteiger partial charge in [-0.2, -0.15) is 0 Å². The standard InChI is InChI=1S/C13H17BrN2O/c1-9(10-3-5-11(14)6-4-10)16-8-7-12(15-2)13(16)17/h3-6,9,12,15H,7-8H2,1-2H3. The number of nitrogens with one attached hydrogen (secondary N) is 1. The number of benzene rings is 1. The molecule has 0 bridgehead atoms. The van der Waals surface area contributed by atoms with Crippen LogP contribution >= 0.6 is 15.9 Å². The van der Waals surface area contributed by atoms with Crippen LogP contribution in [0.15, 0.2) is 28.7 Å². The molecule has 1 aliphatic rings. The van der Waals surface area contributed by atoms with Crippen molar-refractivity contribution in [2.45, 2.75) is 25.4 Å². The molecule has 3 nitrogen and oxygen atoms in total. The van der Waals surface area contributed by atoms with Crippen LogP contribution in [0, 0.1) is 0 Å². The molecule has 4 heteroatoms. The Labute approximate surface area is 110 Å². The van der Waals surface area contributed by atoms with Crippen molar-refractivity contribution in [2.75, 3.05) is 13.6 Å². The third kappa shape index (κ3) is 2.53. The van der Waals surface area contributed by atoms with Gasteiger partial charge in [-0.3, -0.25) is 4.79 Å². The molecule has 1 amide bonds. The summed E-state index contributed by atoms with van der Waals surface area (Å²) in [5.74, 6) is 0.211. The van der Waals surface area contributed by atoms with Crippen molar-refractivity contribution in [3.05, 3.63) is 34.3 Å². The second-order valence-corrected chi connectivity index (χ2v) is 5.30. The van der Waals surface area contributed by atoms with Gasteiger partial charge in [-0.25, -0.2) is 0 Å². The molecular formula is C13H17BrN2O. The maximum absolute atomic E-state index is 12.1. The van der Waals surface area contributed by atoms with Crippen LogP contribution in [-0.4, -0.2) is 30.4 Å². The zero-order chi connectivity index (χ0) is 12.4. The van der Waals surface area contributed by atoms with Crippen molar-refractivity contribution < 1.29 is 4.79 Å². The molecule has 1 aromatic rings. The molecule has 1 aliphatic heterocycles. The van der Waals surface area contributed by atoms with Gasteiger partial charge in [-0.1, -0.05) is 28.1 Å². The molecular weight excluding hydrogens is 280 g/mol. The monoisotopic (exact) mass is 296 g/mol. The van der Waals surface area contributed by atoms with E-state index in [1.807, 2.05) is 24.1 Å². The number of hydrogen-bond acceptors (Lipinski definition) is 2. The fourth-order valence-electron chi connectivity index (χ4n) is 2.28. The van der Waals surface area contributed by atoms with E-state index in [0.717, 1.165) is 17.4 Å². The van der Waals surface area contributed by atoms with Gasteiger partial charge in [0.25, 0.3) is 0 Å². The number of rotatable bonds is 3. The van der Waals surface area contributed by atoms with E-state index in [1.165, 1.54) is 5.56 Å². The summed E-state index contributed by atoms with van der Waals surface area (Å²) in [6.45, 7) is 2.92. The second kappa shape index (κ2) is 5.19. The minimum absolute atomic E-state index is 0.00658. The lowest BCUT2D eigenvalue weighted by atomic mass is 10.1. The summed E-state index contributed by atoms with van der Waals surface area (Å²) in [5.41, 5.74) is 1.18. The Kier molecular flexibility index (Phi) is 3.84. The topological polar surface area (TPSA) is 32.3 Å². The van der Waals surface area contributed by atoms with Crippen LogP contribution in [0.4, 0.5) is 0 Å². The smallest absolute Gasteiger partial charge is 0.240 e. The number of carbonyl (C=O) groups excluding carboxylic acids is 1. The predicted molar refractivity (Wildman–Crippen MR) is 71.7 cm³/mol. The number of nitrogens with zero attached hydrogens (tertiary/aromatic N) is 1. The molecule has 2 atom stereocenters. The van der Waals surface area contributed by atoms with E-state index in [0.29, 0.717) is 0 Å². The van der Waals surface area contributed by atoms with Crippen molar-refractivity contribution in [1.29, 1.82) is 0 Å². The minimum Gasteiger partial charge on any atom is -0.335 e. The Bertz CT molecular complexity index is 404. The Balaban J connectivity index is 2.13. The van der Waals surface area contributed by atoms with Crippen molar-refractivity contribution in [3.63, 3.8) is 0 Å². The van der Waals surface area contributed by atoms with E-state index in [9.17, 15) is 4.79 Å². The van der Waals surface area contributed by atoms with Crippen LogP contribution < -0.4 is 5.32 Å². The van der Waals surface area contributed by atoms with Gasteiger partial charge in [-0.05, 0) is 38.1 Å². The number of likely N-dealkylation sites (tertiary alicyclic amines) is 1. The molecule has 2 unspecified atom stereocenters. The van der Waals surface area contributed by atoms with E-state index in [2.05, 4.69) is 40.3 Å². The first-order valence-corrected chi connectivity index (χ1v) is 6.66. The first kappa shape index (κ1) is 12.6. The van der Waals surface area contributed by atoms with Crippen LogP contribution in [0.5, 0.6) is 0 Å². The predicted octanol–water partition coefficient (Wildman–Crippen LogP) is 2.33. The fourth-order valence-corrected chi connectivity index (χ4v) is 2.54. The van der Waals surface area contributed by atoms with Gasteiger partial charge in [0.15, 0.2) is 0 Å². The Morgan fingerprint density at radius 1 is 1.41 bits per heavy atom. The van der Waals surface area contributed by atoms with Crippen LogP contribution in [0.3, 0.4) is 0 Å². The molecule has 0 spiro atoms. The maximum Gasteiger partial charge on any atom is 0.240 e. The molecule has 1 N–H and O–H groups in total. The van der Waals surface area contributed by atoms with E-state index in [-0.39, 0.29) is 18.0 Å². The molecule has 0 aliphatic carbocycles. The normalized spacial score (nSPS) is 21.9. The number of hydrogen-bond donors (Lipinski definition) is 1. The van der Waals surface area contributed by atoms with Crippen LogP contribution in [0.1, 0.15) is 24.9 Å². The zero-order valence-electron chi connectivity index (χ0n) is 10.1. The summed E-state index contributed by atoms with van der Waals surface area (Å²) in [6.07, 6.45) is 0.899. The lowest BCUT2D eigenvalue weighted by Crippen LogP contribution is -2.37. The Hall–Kier alpha value is -0.870. The van der Waals surface area contributed by atoms with E-state index >= 15 is 0 Å². The van der Waals surface area contributed by atoms with Gasteiger partial charge in [-0.15, -0.1) is 0 Å². The lowest BCUT2D eigenvalue weighted by molar-refractivity contribution is -0.131. The quantitative estimate of drug-likeness (QED) is 0.928. The number of halogens is 1. The second-order valence-electron chi connectivity index (χ2n) is 4.39. The molecule has 92 valence electrons. The highest BCUT2D eigenvalue weighted by atomic mass is 79.9. The molecule has 2 rings (SSSR count). The summed E-state index contributed by atoms with van der Waals surface area (Å²) in [6, 6.07) is 8.30. The minimum atomic E-state index is -0.00658. The van der Waals surface area contributed by atoms with Crippen molar-refractivity contribution in [2.24, 2.45) is 0 Å². The van der Waals surface area contributed by atoms with E-state index < -0.39 is 0 Å². The van der Waals surface area contributed by atoms with Crippen molar-refractivity contribution in [1.82, 2.24) is 10.2 Å². The molecule has 0 radical (unpaired) electrons. The van der Waals surface area contributed by atoms with Gasteiger partial charge < -0.3 is 10.2 Å². The van der Waals surface area contributed by atoms with Crippen LogP contribution in [0.2, 0.25) is 0 Å². The first-order valence-electron chi connectivity index (χ1n) is 5.86. The first-order chi connectivity index (χ1) is 8.13. The average Bonchev–Trinajstić information content (AvgIpc) is 2.70. The lowest BCUT2D eigenvalue weighted by Gasteiger charge is -2.25. The zero-order valence-corrected chi connectivity index (χ0v) is 11.7. The molecule has 1 aromatic carbocycles. The highest BCUT2D eigenvalue weighted by Gasteiger charge is 2.33. The number of likely N-dealkylation sites (N-methyl/N-ethyl adjacent to an activating group) is 1. The summed E-state index contributed by atoms with van der Waals surface area (Å²) >= 11 is 3.42. The van der Waals surface area contributed by atoms with Gasteiger partial charge in [0.05, 0.1) is 12.1 Å². The molecule has 0 saturated carbocycles. The third-order valence-electron chi connectivity index (χ3n) is 3.41. The van der Waals surface area contributed by atoms with Gasteiger partial charge in [0.2, 0.25) is 5.91 Å². The molecule has 1 fully saturated rings. The summed E-state index contributed by atoms with van der Waals surface area (Å²) in [7, 11) is 1.84. The maximum atomic E-state index is 12.1. The van der Waals surface area contributed by atoms with E-state index in [4.69, 9.17) is 0 Å². The average molecular weight is 297 g/mol. The van der Waals surface area contributed by atoms with Crippen molar-refractivity contribution in [3.8, 4) is 0 Å².